The lowest BCUT2D eigenvalue weighted by Crippen LogP contribution is -2.38. The van der Waals surface area contributed by atoms with Crippen molar-refractivity contribution in [2.75, 3.05) is 26.9 Å². The first kappa shape index (κ1) is 20.6. The maximum atomic E-state index is 12.7. The fraction of sp³-hybridized carbons (Fsp3) is 0.421. The molecule has 0 fully saturated rings. The zero-order chi connectivity index (χ0) is 20.1. The van der Waals surface area contributed by atoms with Gasteiger partial charge in [-0.3, -0.25) is 4.79 Å². The third-order valence-corrected chi connectivity index (χ3v) is 6.09. The Bertz CT molecular complexity index is 830. The Kier molecular flexibility index (Phi) is 6.93. The minimum absolute atomic E-state index is 0.0981. The van der Waals surface area contributed by atoms with Crippen LogP contribution in [0.15, 0.2) is 44.9 Å². The molecule has 0 unspecified atom stereocenters. The second kappa shape index (κ2) is 9.40. The minimum atomic E-state index is -0.373. The number of methoxy groups -OCH3 is 1. The number of allylic oxidation sites excluding steroid dienone is 1. The molecule has 28 heavy (non-hydrogen) atoms. The van der Waals surface area contributed by atoms with E-state index in [9.17, 15) is 9.59 Å². The van der Waals surface area contributed by atoms with Crippen LogP contribution in [0.1, 0.15) is 31.2 Å². The van der Waals surface area contributed by atoms with E-state index >= 15 is 0 Å². The minimum Gasteiger partial charge on any atom is -0.463 e. The van der Waals surface area contributed by atoms with Gasteiger partial charge >= 0.3 is 5.97 Å². The lowest BCUT2D eigenvalue weighted by molar-refractivity contribution is -0.139. The summed E-state index contributed by atoms with van der Waals surface area (Å²) in [5.41, 5.74) is 1.97. The Morgan fingerprint density at radius 3 is 2.89 bits per heavy atom. The van der Waals surface area contributed by atoms with Gasteiger partial charge in [-0.25, -0.2) is 9.79 Å². The van der Waals surface area contributed by atoms with E-state index in [1.165, 1.54) is 11.8 Å². The number of ether oxygens (including phenoxy) is 2. The monoisotopic (exact) mass is 421 g/mol. The highest BCUT2D eigenvalue weighted by atomic mass is 32.2. The third kappa shape index (κ3) is 4.31. The van der Waals surface area contributed by atoms with Crippen molar-refractivity contribution in [3.05, 3.63) is 44.8 Å². The lowest BCUT2D eigenvalue weighted by atomic mass is 9.99. The number of nitrogens with one attached hydrogen (secondary N) is 1. The molecule has 0 radical (unpaired) electrons. The molecule has 0 aliphatic carbocycles. The van der Waals surface area contributed by atoms with Crippen molar-refractivity contribution in [3.8, 4) is 0 Å². The Labute approximate surface area is 172 Å². The molecule has 150 valence electrons. The van der Waals surface area contributed by atoms with Gasteiger partial charge < -0.3 is 19.7 Å². The van der Waals surface area contributed by atoms with Gasteiger partial charge in [0, 0.05) is 24.2 Å². The average molecular weight is 422 g/mol. The van der Waals surface area contributed by atoms with Crippen LogP contribution < -0.4 is 5.32 Å². The molecule has 0 bridgehead atoms. The fourth-order valence-electron chi connectivity index (χ4n) is 3.08. The van der Waals surface area contributed by atoms with Gasteiger partial charge in [0.25, 0.3) is 0 Å². The number of hydrogen-bond acceptors (Lipinski definition) is 8. The second-order valence-corrected chi connectivity index (χ2v) is 7.96. The number of amides is 1. The molecule has 1 aromatic rings. The van der Waals surface area contributed by atoms with Gasteiger partial charge in [-0.2, -0.15) is 0 Å². The molecule has 1 amide bonds. The summed E-state index contributed by atoms with van der Waals surface area (Å²) in [6.07, 6.45) is 0.201. The largest absolute Gasteiger partial charge is 0.463 e. The molecule has 1 N–H and O–H groups in total. The van der Waals surface area contributed by atoms with E-state index < -0.39 is 0 Å². The van der Waals surface area contributed by atoms with Crippen LogP contribution in [0.2, 0.25) is 0 Å². The summed E-state index contributed by atoms with van der Waals surface area (Å²) in [6.45, 7) is 4.82. The van der Waals surface area contributed by atoms with Crippen LogP contribution in [0.5, 0.6) is 0 Å². The Morgan fingerprint density at radius 1 is 1.39 bits per heavy atom. The summed E-state index contributed by atoms with van der Waals surface area (Å²) >= 11 is 3.03. The number of nitrogens with zero attached hydrogens (tertiary/aromatic N) is 2. The van der Waals surface area contributed by atoms with Gasteiger partial charge in [-0.05, 0) is 30.7 Å². The fourth-order valence-corrected chi connectivity index (χ4v) is 4.86. The van der Waals surface area contributed by atoms with Gasteiger partial charge in [0.05, 0.1) is 30.9 Å². The summed E-state index contributed by atoms with van der Waals surface area (Å²) in [5, 5.41) is 7.51. The highest BCUT2D eigenvalue weighted by molar-refractivity contribution is 8.16. The summed E-state index contributed by atoms with van der Waals surface area (Å²) in [6, 6.07) is 3.59. The first-order valence-corrected chi connectivity index (χ1v) is 10.7. The van der Waals surface area contributed by atoms with E-state index in [4.69, 9.17) is 9.47 Å². The highest BCUT2D eigenvalue weighted by Gasteiger charge is 2.41. The molecule has 9 heteroatoms. The number of carbonyl (C=O) groups excluding carboxylic acids is 2. The van der Waals surface area contributed by atoms with Gasteiger partial charge in [-0.1, -0.05) is 17.8 Å². The van der Waals surface area contributed by atoms with Crippen LogP contribution in [0, 0.1) is 0 Å². The number of fused-ring (bicyclic) bond motifs is 1. The maximum absolute atomic E-state index is 12.7. The Balaban J connectivity index is 1.89. The molecule has 2 aliphatic rings. The first-order chi connectivity index (χ1) is 13.6. The van der Waals surface area contributed by atoms with E-state index in [0.717, 1.165) is 15.7 Å². The summed E-state index contributed by atoms with van der Waals surface area (Å²) in [7, 11) is 1.59. The van der Waals surface area contributed by atoms with E-state index in [0.29, 0.717) is 31.0 Å². The number of hydrogen-bond donors (Lipinski definition) is 1. The smallest absolute Gasteiger partial charge is 0.338 e. The van der Waals surface area contributed by atoms with Gasteiger partial charge in [-0.15, -0.1) is 11.3 Å². The summed E-state index contributed by atoms with van der Waals surface area (Å²) in [5.74, 6) is -0.471. The molecule has 7 nitrogen and oxygen atoms in total. The molecule has 2 aliphatic heterocycles. The predicted molar refractivity (Wildman–Crippen MR) is 111 cm³/mol. The predicted octanol–water partition coefficient (Wildman–Crippen LogP) is 3.04. The molecule has 0 spiro atoms. The molecular formula is C19H23N3O4S2. The van der Waals surface area contributed by atoms with Gasteiger partial charge in [0.15, 0.2) is 5.17 Å². The van der Waals surface area contributed by atoms with Gasteiger partial charge in [0.1, 0.15) is 6.04 Å². The van der Waals surface area contributed by atoms with Crippen LogP contribution in [0.25, 0.3) is 0 Å². The van der Waals surface area contributed by atoms with Crippen LogP contribution in [0.4, 0.5) is 0 Å². The molecular weight excluding hydrogens is 398 g/mol. The standard InChI is InChI=1S/C19H23N3O4S2/c1-4-26-18(24)16-12(2)21-19-22(17(16)14-6-5-9-27-14)13(11-28-19)10-15(23)20-7-8-25-3/h5-6,9,11,17H,4,7-8,10H2,1-3H3,(H,20,23)/t17-/m1/s1. The first-order valence-electron chi connectivity index (χ1n) is 8.97. The Morgan fingerprint density at radius 2 is 2.21 bits per heavy atom. The van der Waals surface area contributed by atoms with E-state index in [1.807, 2.05) is 34.7 Å². The molecule has 1 atom stereocenters. The lowest BCUT2D eigenvalue weighted by Gasteiger charge is -2.35. The highest BCUT2D eigenvalue weighted by Crippen LogP contribution is 2.45. The Hall–Kier alpha value is -2.10. The second-order valence-electron chi connectivity index (χ2n) is 6.15. The molecule has 0 aromatic carbocycles. The summed E-state index contributed by atoms with van der Waals surface area (Å²) < 4.78 is 10.3. The number of thioether (sulfide) groups is 1. The number of carbonyl (C=O) groups is 2. The molecule has 0 saturated carbocycles. The van der Waals surface area contributed by atoms with E-state index in [1.54, 1.807) is 25.4 Å². The van der Waals surface area contributed by atoms with Crippen molar-refractivity contribution in [1.29, 1.82) is 0 Å². The molecule has 1 aromatic heterocycles. The van der Waals surface area contributed by atoms with Crippen LogP contribution >= 0.6 is 23.1 Å². The quantitative estimate of drug-likeness (QED) is 0.513. The van der Waals surface area contributed by atoms with E-state index in [2.05, 4.69) is 10.3 Å². The SMILES string of the molecule is CCOC(=O)C1=C(C)N=C2SC=C(CC(=O)NCCOC)N2[C@@H]1c1cccs1. The number of esters is 1. The maximum Gasteiger partial charge on any atom is 0.338 e. The van der Waals surface area contributed by atoms with Crippen molar-refractivity contribution in [1.82, 2.24) is 10.2 Å². The van der Waals surface area contributed by atoms with Gasteiger partial charge in [0.2, 0.25) is 5.91 Å². The van der Waals surface area contributed by atoms with Crippen molar-refractivity contribution in [2.45, 2.75) is 26.3 Å². The van der Waals surface area contributed by atoms with Crippen molar-refractivity contribution < 1.29 is 19.1 Å². The zero-order valence-corrected chi connectivity index (χ0v) is 17.7. The average Bonchev–Trinajstić information content (AvgIpc) is 3.31. The van der Waals surface area contributed by atoms with Crippen LogP contribution in [-0.4, -0.2) is 48.8 Å². The third-order valence-electron chi connectivity index (χ3n) is 4.28. The topological polar surface area (TPSA) is 80.2 Å². The van der Waals surface area contributed by atoms with Crippen molar-refractivity contribution in [3.63, 3.8) is 0 Å². The van der Waals surface area contributed by atoms with Crippen molar-refractivity contribution >= 4 is 40.1 Å². The molecule has 3 heterocycles. The van der Waals surface area contributed by atoms with E-state index in [-0.39, 0.29) is 24.3 Å². The van der Waals surface area contributed by atoms with Crippen molar-refractivity contribution in [2.24, 2.45) is 4.99 Å². The van der Waals surface area contributed by atoms with Crippen LogP contribution in [-0.2, 0) is 19.1 Å². The molecule has 0 saturated heterocycles. The zero-order valence-electron chi connectivity index (χ0n) is 16.1. The molecule has 3 rings (SSSR count). The normalized spacial score (nSPS) is 18.5. The number of aliphatic imine (C=N–C) groups is 1. The number of thiophene rings is 1. The number of rotatable bonds is 8. The van der Waals surface area contributed by atoms with Crippen LogP contribution in [0.3, 0.4) is 0 Å². The summed E-state index contributed by atoms with van der Waals surface area (Å²) in [4.78, 5) is 32.6. The number of amidine groups is 1.